The molecule has 2 unspecified atom stereocenters. The van der Waals surface area contributed by atoms with Gasteiger partial charge in [-0.05, 0) is 36.2 Å². The summed E-state index contributed by atoms with van der Waals surface area (Å²) in [6.45, 7) is 7.56. The van der Waals surface area contributed by atoms with Crippen molar-refractivity contribution in [2.24, 2.45) is 11.7 Å². The summed E-state index contributed by atoms with van der Waals surface area (Å²) in [4.78, 5) is 15.3. The van der Waals surface area contributed by atoms with E-state index in [-0.39, 0.29) is 17.9 Å². The maximum Gasteiger partial charge on any atom is 0.267 e. The zero-order chi connectivity index (χ0) is 14.0. The molecular formula is C13H22N4OS. The van der Waals surface area contributed by atoms with Crippen LogP contribution in [-0.4, -0.2) is 39.5 Å². The van der Waals surface area contributed by atoms with Gasteiger partial charge in [-0.1, -0.05) is 25.3 Å². The molecule has 2 N–H and O–H groups in total. The first kappa shape index (κ1) is 14.4. The molecule has 2 atom stereocenters. The highest BCUT2D eigenvalue weighted by Crippen LogP contribution is 2.27. The number of likely N-dealkylation sites (tertiary alicyclic amines) is 1. The van der Waals surface area contributed by atoms with Crippen molar-refractivity contribution in [3.8, 4) is 0 Å². The number of carbonyl (C=O) groups excluding carboxylic acids is 1. The van der Waals surface area contributed by atoms with Crippen LogP contribution < -0.4 is 5.73 Å². The Hall–Kier alpha value is -1.01. The van der Waals surface area contributed by atoms with Gasteiger partial charge in [-0.15, -0.1) is 5.10 Å². The average Bonchev–Trinajstić information content (AvgIpc) is 2.86. The van der Waals surface area contributed by atoms with Crippen molar-refractivity contribution in [2.45, 2.75) is 45.6 Å². The van der Waals surface area contributed by atoms with Gasteiger partial charge in [-0.25, -0.2) is 0 Å². The first-order chi connectivity index (χ1) is 9.06. The third-order valence-electron chi connectivity index (χ3n) is 3.87. The van der Waals surface area contributed by atoms with Gasteiger partial charge in [0.2, 0.25) is 0 Å². The summed E-state index contributed by atoms with van der Waals surface area (Å²) in [5.41, 5.74) is 6.66. The van der Waals surface area contributed by atoms with E-state index in [0.29, 0.717) is 17.3 Å². The Morgan fingerprint density at radius 3 is 2.95 bits per heavy atom. The van der Waals surface area contributed by atoms with Gasteiger partial charge >= 0.3 is 0 Å². The fourth-order valence-corrected chi connectivity index (χ4v) is 3.49. The highest BCUT2D eigenvalue weighted by Gasteiger charge is 2.33. The number of amides is 1. The van der Waals surface area contributed by atoms with Crippen molar-refractivity contribution < 1.29 is 4.79 Å². The average molecular weight is 282 g/mol. The second-order valence-corrected chi connectivity index (χ2v) is 6.32. The summed E-state index contributed by atoms with van der Waals surface area (Å²) >= 11 is 1.20. The van der Waals surface area contributed by atoms with Crippen molar-refractivity contribution in [3.05, 3.63) is 10.6 Å². The SMILES string of the molecule is CC(C)c1nnsc1C(=O)N1CCCC(C)C1CN. The summed E-state index contributed by atoms with van der Waals surface area (Å²) in [6, 6.07) is 0.142. The van der Waals surface area contributed by atoms with E-state index in [2.05, 4.69) is 16.5 Å². The van der Waals surface area contributed by atoms with Crippen LogP contribution in [0.3, 0.4) is 0 Å². The molecule has 5 nitrogen and oxygen atoms in total. The molecule has 2 heterocycles. The van der Waals surface area contributed by atoms with Gasteiger partial charge in [0.25, 0.3) is 5.91 Å². The molecule has 0 spiro atoms. The number of nitrogens with two attached hydrogens (primary N) is 1. The van der Waals surface area contributed by atoms with E-state index >= 15 is 0 Å². The fraction of sp³-hybridized carbons (Fsp3) is 0.769. The van der Waals surface area contributed by atoms with Crippen LogP contribution >= 0.6 is 11.5 Å². The molecule has 0 radical (unpaired) electrons. The van der Waals surface area contributed by atoms with Crippen molar-refractivity contribution >= 4 is 17.4 Å². The molecule has 1 saturated heterocycles. The van der Waals surface area contributed by atoms with Gasteiger partial charge in [0.15, 0.2) is 0 Å². The molecule has 19 heavy (non-hydrogen) atoms. The van der Waals surface area contributed by atoms with Gasteiger partial charge in [-0.3, -0.25) is 4.79 Å². The third kappa shape index (κ3) is 2.79. The van der Waals surface area contributed by atoms with Crippen LogP contribution in [0.25, 0.3) is 0 Å². The minimum atomic E-state index is 0.0562. The Labute approximate surface area is 118 Å². The molecule has 1 aromatic rings. The zero-order valence-corrected chi connectivity index (χ0v) is 12.6. The van der Waals surface area contributed by atoms with Gasteiger partial charge in [0, 0.05) is 19.1 Å². The van der Waals surface area contributed by atoms with Crippen molar-refractivity contribution in [1.29, 1.82) is 0 Å². The largest absolute Gasteiger partial charge is 0.333 e. The van der Waals surface area contributed by atoms with E-state index in [1.807, 2.05) is 18.7 Å². The topological polar surface area (TPSA) is 72.1 Å². The van der Waals surface area contributed by atoms with Crippen molar-refractivity contribution in [1.82, 2.24) is 14.5 Å². The Bertz CT molecular complexity index is 446. The van der Waals surface area contributed by atoms with Crippen molar-refractivity contribution in [2.75, 3.05) is 13.1 Å². The lowest BCUT2D eigenvalue weighted by atomic mass is 9.90. The second kappa shape index (κ2) is 5.96. The smallest absolute Gasteiger partial charge is 0.267 e. The molecule has 1 aromatic heterocycles. The standard InChI is InChI=1S/C13H22N4OS/c1-8(2)11-12(19-16-15-11)13(18)17-6-4-5-9(3)10(17)7-14/h8-10H,4-7,14H2,1-3H3. The van der Waals surface area contributed by atoms with Gasteiger partial charge in [0.1, 0.15) is 4.88 Å². The molecule has 2 rings (SSSR count). The summed E-state index contributed by atoms with van der Waals surface area (Å²) in [6.07, 6.45) is 2.19. The van der Waals surface area contributed by atoms with Gasteiger partial charge in [0.05, 0.1) is 5.69 Å². The molecule has 1 fully saturated rings. The fourth-order valence-electron chi connectivity index (χ4n) is 2.71. The maximum atomic E-state index is 12.7. The highest BCUT2D eigenvalue weighted by molar-refractivity contribution is 7.08. The van der Waals surface area contributed by atoms with Crippen LogP contribution in [0.4, 0.5) is 0 Å². The monoisotopic (exact) mass is 282 g/mol. The first-order valence-corrected chi connectivity index (χ1v) is 7.66. The van der Waals surface area contributed by atoms with E-state index in [1.165, 1.54) is 11.5 Å². The summed E-state index contributed by atoms with van der Waals surface area (Å²) in [7, 11) is 0. The number of hydrogen-bond acceptors (Lipinski definition) is 5. The minimum Gasteiger partial charge on any atom is -0.333 e. The molecule has 0 bridgehead atoms. The third-order valence-corrected chi connectivity index (χ3v) is 4.60. The quantitative estimate of drug-likeness (QED) is 0.918. The minimum absolute atomic E-state index is 0.0562. The normalized spacial score (nSPS) is 23.9. The molecule has 1 aliphatic heterocycles. The Kier molecular flexibility index (Phi) is 4.52. The Morgan fingerprint density at radius 1 is 1.58 bits per heavy atom. The molecule has 0 aliphatic carbocycles. The summed E-state index contributed by atoms with van der Waals surface area (Å²) in [5.74, 6) is 0.739. The molecule has 0 aromatic carbocycles. The number of rotatable bonds is 3. The second-order valence-electron chi connectivity index (χ2n) is 5.56. The maximum absolute atomic E-state index is 12.7. The van der Waals surface area contributed by atoms with E-state index in [1.54, 1.807) is 0 Å². The van der Waals surface area contributed by atoms with Crippen LogP contribution in [0, 0.1) is 5.92 Å². The Balaban J connectivity index is 2.24. The summed E-state index contributed by atoms with van der Waals surface area (Å²) in [5, 5.41) is 4.09. The molecule has 1 aliphatic rings. The van der Waals surface area contributed by atoms with Crippen LogP contribution in [0.15, 0.2) is 0 Å². The lowest BCUT2D eigenvalue weighted by Gasteiger charge is -2.39. The van der Waals surface area contributed by atoms with Crippen LogP contribution in [0.2, 0.25) is 0 Å². The van der Waals surface area contributed by atoms with E-state index in [4.69, 9.17) is 5.73 Å². The summed E-state index contributed by atoms with van der Waals surface area (Å²) < 4.78 is 3.94. The van der Waals surface area contributed by atoms with Gasteiger partial charge < -0.3 is 10.6 Å². The van der Waals surface area contributed by atoms with Crippen LogP contribution in [-0.2, 0) is 0 Å². The number of piperidine rings is 1. The highest BCUT2D eigenvalue weighted by atomic mass is 32.1. The number of nitrogens with zero attached hydrogens (tertiary/aromatic N) is 3. The molecule has 0 saturated carbocycles. The van der Waals surface area contributed by atoms with Crippen LogP contribution in [0.5, 0.6) is 0 Å². The Morgan fingerprint density at radius 2 is 2.32 bits per heavy atom. The predicted molar refractivity (Wildman–Crippen MR) is 76.3 cm³/mol. The van der Waals surface area contributed by atoms with E-state index < -0.39 is 0 Å². The van der Waals surface area contributed by atoms with Crippen LogP contribution in [0.1, 0.15) is 54.9 Å². The van der Waals surface area contributed by atoms with E-state index in [9.17, 15) is 4.79 Å². The van der Waals surface area contributed by atoms with Crippen molar-refractivity contribution in [3.63, 3.8) is 0 Å². The molecule has 6 heteroatoms. The number of hydrogen-bond donors (Lipinski definition) is 1. The lowest BCUT2D eigenvalue weighted by Crippen LogP contribution is -2.51. The number of aromatic nitrogens is 2. The molecule has 1 amide bonds. The van der Waals surface area contributed by atoms with E-state index in [0.717, 1.165) is 25.1 Å². The first-order valence-electron chi connectivity index (χ1n) is 6.89. The molecular weight excluding hydrogens is 260 g/mol. The lowest BCUT2D eigenvalue weighted by molar-refractivity contribution is 0.0536. The molecule has 106 valence electrons. The number of carbonyl (C=O) groups is 1. The van der Waals surface area contributed by atoms with Gasteiger partial charge in [-0.2, -0.15) is 0 Å². The predicted octanol–water partition coefficient (Wildman–Crippen LogP) is 1.86. The zero-order valence-electron chi connectivity index (χ0n) is 11.8.